The van der Waals surface area contributed by atoms with Gasteiger partial charge in [0.2, 0.25) is 5.95 Å². The van der Waals surface area contributed by atoms with Gasteiger partial charge in [0.1, 0.15) is 11.8 Å². The maximum Gasteiger partial charge on any atom is 0.224 e. The Kier molecular flexibility index (Phi) is 2.31. The first-order valence-corrected chi connectivity index (χ1v) is 5.11. The minimum atomic E-state index is 0.417. The highest BCUT2D eigenvalue weighted by molar-refractivity contribution is 5.33. The number of nitrogens with zero attached hydrogens (tertiary/aromatic N) is 3. The predicted molar refractivity (Wildman–Crippen MR) is 57.3 cm³/mol. The molecule has 1 fully saturated rings. The molecule has 4 heteroatoms. The van der Waals surface area contributed by atoms with Crippen LogP contribution in [-0.2, 0) is 0 Å². The van der Waals surface area contributed by atoms with Crippen LogP contribution in [-0.4, -0.2) is 16.5 Å². The lowest BCUT2D eigenvalue weighted by Crippen LogP contribution is -2.14. The lowest BCUT2D eigenvalue weighted by atomic mass is 10.1. The fourth-order valence-electron chi connectivity index (χ4n) is 1.39. The normalized spacial score (nSPS) is 16.9. The number of hydrogen-bond acceptors (Lipinski definition) is 4. The molecule has 0 unspecified atom stereocenters. The minimum absolute atomic E-state index is 0.417. The Labute approximate surface area is 89.4 Å². The van der Waals surface area contributed by atoms with Gasteiger partial charge < -0.3 is 5.32 Å². The van der Waals surface area contributed by atoms with Crippen molar-refractivity contribution in [2.75, 3.05) is 11.9 Å². The van der Waals surface area contributed by atoms with E-state index >= 15 is 0 Å². The Morgan fingerprint density at radius 1 is 1.53 bits per heavy atom. The fourth-order valence-corrected chi connectivity index (χ4v) is 1.39. The lowest BCUT2D eigenvalue weighted by Gasteiger charge is -2.10. The first kappa shape index (κ1) is 9.91. The van der Waals surface area contributed by atoms with Crippen molar-refractivity contribution in [3.63, 3.8) is 0 Å². The molecule has 1 saturated carbocycles. The molecule has 0 amide bonds. The van der Waals surface area contributed by atoms with Crippen molar-refractivity contribution < 1.29 is 0 Å². The van der Waals surface area contributed by atoms with Crippen molar-refractivity contribution in [2.45, 2.75) is 26.7 Å². The van der Waals surface area contributed by atoms with E-state index in [0.717, 1.165) is 12.2 Å². The Hall–Kier alpha value is -1.63. The van der Waals surface area contributed by atoms with Gasteiger partial charge in [0.05, 0.1) is 0 Å². The van der Waals surface area contributed by atoms with Gasteiger partial charge in [-0.3, -0.25) is 0 Å². The van der Waals surface area contributed by atoms with Crippen LogP contribution in [0.5, 0.6) is 0 Å². The molecule has 78 valence electrons. The molecule has 0 saturated heterocycles. The molecule has 1 aliphatic carbocycles. The maximum atomic E-state index is 8.76. The van der Waals surface area contributed by atoms with Crippen molar-refractivity contribution in [1.82, 2.24) is 9.97 Å². The van der Waals surface area contributed by atoms with E-state index in [0.29, 0.717) is 17.1 Å². The molecular weight excluding hydrogens is 188 g/mol. The second-order valence-electron chi connectivity index (χ2n) is 4.49. The molecule has 0 aliphatic heterocycles. The molecule has 4 nitrogen and oxygen atoms in total. The minimum Gasteiger partial charge on any atom is -0.354 e. The van der Waals surface area contributed by atoms with Crippen molar-refractivity contribution in [1.29, 1.82) is 5.26 Å². The van der Waals surface area contributed by atoms with E-state index in [2.05, 4.69) is 22.2 Å². The molecule has 0 atom stereocenters. The van der Waals surface area contributed by atoms with Crippen LogP contribution in [0, 0.1) is 23.7 Å². The number of aryl methyl sites for hydroxylation is 1. The van der Waals surface area contributed by atoms with Crippen LogP contribution < -0.4 is 5.32 Å². The summed E-state index contributed by atoms with van der Waals surface area (Å²) in [5.74, 6) is 0.569. The highest BCUT2D eigenvalue weighted by atomic mass is 15.1. The summed E-state index contributed by atoms with van der Waals surface area (Å²) in [6.45, 7) is 4.99. The zero-order valence-electron chi connectivity index (χ0n) is 9.04. The van der Waals surface area contributed by atoms with E-state index in [1.807, 2.05) is 13.0 Å². The lowest BCUT2D eigenvalue weighted by molar-refractivity contribution is 0.607. The molecular formula is C11H14N4. The van der Waals surface area contributed by atoms with Crippen molar-refractivity contribution in [3.05, 3.63) is 17.5 Å². The van der Waals surface area contributed by atoms with E-state index in [1.165, 1.54) is 12.8 Å². The third kappa shape index (κ3) is 2.44. The van der Waals surface area contributed by atoms with Crippen LogP contribution >= 0.6 is 0 Å². The summed E-state index contributed by atoms with van der Waals surface area (Å²) in [5, 5.41) is 11.9. The van der Waals surface area contributed by atoms with Crippen molar-refractivity contribution in [2.24, 2.45) is 5.41 Å². The molecule has 0 spiro atoms. The van der Waals surface area contributed by atoms with Crippen LogP contribution in [0.2, 0.25) is 0 Å². The van der Waals surface area contributed by atoms with Crippen LogP contribution in [0.4, 0.5) is 5.95 Å². The standard InChI is InChI=1S/C11H14N4/c1-8-5-9(6-12)15-10(14-8)13-7-11(2)3-4-11/h5H,3-4,7H2,1-2H3,(H,13,14,15). The SMILES string of the molecule is Cc1cc(C#N)nc(NCC2(C)CC2)n1. The van der Waals surface area contributed by atoms with E-state index in [1.54, 1.807) is 6.07 Å². The quantitative estimate of drug-likeness (QED) is 0.812. The molecule has 1 aromatic heterocycles. The summed E-state index contributed by atoms with van der Waals surface area (Å²) in [4.78, 5) is 8.34. The largest absolute Gasteiger partial charge is 0.354 e. The molecule has 2 rings (SSSR count). The molecule has 1 N–H and O–H groups in total. The summed E-state index contributed by atoms with van der Waals surface area (Å²) in [6, 6.07) is 3.71. The molecule has 0 bridgehead atoms. The Bertz CT molecular complexity index is 415. The van der Waals surface area contributed by atoms with Gasteiger partial charge in [0.25, 0.3) is 0 Å². The van der Waals surface area contributed by atoms with Gasteiger partial charge in [-0.05, 0) is 31.2 Å². The summed E-state index contributed by atoms with van der Waals surface area (Å²) >= 11 is 0. The first-order valence-electron chi connectivity index (χ1n) is 5.11. The van der Waals surface area contributed by atoms with Gasteiger partial charge in [-0.2, -0.15) is 5.26 Å². The number of aromatic nitrogens is 2. The molecule has 1 aromatic rings. The zero-order chi connectivity index (χ0) is 10.9. The maximum absolute atomic E-state index is 8.76. The van der Waals surface area contributed by atoms with Crippen molar-refractivity contribution in [3.8, 4) is 6.07 Å². The van der Waals surface area contributed by atoms with Crippen LogP contribution in [0.1, 0.15) is 31.2 Å². The summed E-state index contributed by atoms with van der Waals surface area (Å²) in [7, 11) is 0. The number of nitriles is 1. The Morgan fingerprint density at radius 3 is 2.87 bits per heavy atom. The topological polar surface area (TPSA) is 61.6 Å². The summed E-state index contributed by atoms with van der Waals surface area (Å²) < 4.78 is 0. The summed E-state index contributed by atoms with van der Waals surface area (Å²) in [5.41, 5.74) is 1.66. The number of anilines is 1. The predicted octanol–water partition coefficient (Wildman–Crippen LogP) is 1.87. The number of nitrogens with one attached hydrogen (secondary N) is 1. The van der Waals surface area contributed by atoms with E-state index in [4.69, 9.17) is 5.26 Å². The average Bonchev–Trinajstić information content (AvgIpc) is 2.94. The monoisotopic (exact) mass is 202 g/mol. The number of hydrogen-bond donors (Lipinski definition) is 1. The Balaban J connectivity index is 2.07. The van der Waals surface area contributed by atoms with Gasteiger partial charge in [-0.25, -0.2) is 9.97 Å². The third-order valence-electron chi connectivity index (χ3n) is 2.75. The van der Waals surface area contributed by atoms with Gasteiger partial charge in [-0.15, -0.1) is 0 Å². The average molecular weight is 202 g/mol. The third-order valence-corrected chi connectivity index (χ3v) is 2.75. The van der Waals surface area contributed by atoms with Crippen molar-refractivity contribution >= 4 is 5.95 Å². The number of rotatable bonds is 3. The van der Waals surface area contributed by atoms with E-state index < -0.39 is 0 Å². The molecule has 0 radical (unpaired) electrons. The van der Waals surface area contributed by atoms with E-state index in [-0.39, 0.29) is 0 Å². The second kappa shape index (κ2) is 3.50. The van der Waals surface area contributed by atoms with Crippen LogP contribution in [0.3, 0.4) is 0 Å². The van der Waals surface area contributed by atoms with Gasteiger partial charge in [0, 0.05) is 12.2 Å². The smallest absolute Gasteiger partial charge is 0.224 e. The molecule has 1 aliphatic rings. The Morgan fingerprint density at radius 2 is 2.27 bits per heavy atom. The second-order valence-corrected chi connectivity index (χ2v) is 4.49. The van der Waals surface area contributed by atoms with Crippen LogP contribution in [0.15, 0.2) is 6.07 Å². The zero-order valence-corrected chi connectivity index (χ0v) is 9.04. The van der Waals surface area contributed by atoms with Gasteiger partial charge in [-0.1, -0.05) is 6.92 Å². The summed E-state index contributed by atoms with van der Waals surface area (Å²) in [6.07, 6.45) is 2.52. The van der Waals surface area contributed by atoms with E-state index in [9.17, 15) is 0 Å². The highest BCUT2D eigenvalue weighted by Crippen LogP contribution is 2.44. The van der Waals surface area contributed by atoms with Crippen LogP contribution in [0.25, 0.3) is 0 Å². The highest BCUT2D eigenvalue weighted by Gasteiger charge is 2.36. The van der Waals surface area contributed by atoms with Gasteiger partial charge >= 0.3 is 0 Å². The molecule has 0 aromatic carbocycles. The molecule has 1 heterocycles. The van der Waals surface area contributed by atoms with Gasteiger partial charge in [0.15, 0.2) is 0 Å². The molecule has 15 heavy (non-hydrogen) atoms. The fraction of sp³-hybridized carbons (Fsp3) is 0.545. The first-order chi connectivity index (χ1) is 7.11.